The lowest BCUT2D eigenvalue weighted by molar-refractivity contribution is 0.794. The predicted molar refractivity (Wildman–Crippen MR) is 252 cm³/mol. The highest BCUT2D eigenvalue weighted by atomic mass is 15.0. The van der Waals surface area contributed by atoms with E-state index in [4.69, 9.17) is 15.0 Å². The average Bonchev–Trinajstić information content (AvgIpc) is 3.96. The summed E-state index contributed by atoms with van der Waals surface area (Å²) in [6.45, 7) is 0. The molecule has 9 aromatic carbocycles. The number of nitrogens with zero attached hydrogens (tertiary/aromatic N) is 4. The zero-order valence-electron chi connectivity index (χ0n) is 33.6. The van der Waals surface area contributed by atoms with E-state index < -0.39 is 5.41 Å². The molecule has 0 amide bonds. The van der Waals surface area contributed by atoms with Crippen molar-refractivity contribution in [3.63, 3.8) is 0 Å². The maximum absolute atomic E-state index is 5.17. The Morgan fingerprint density at radius 2 is 0.694 bits per heavy atom. The Hall–Kier alpha value is -8.21. The molecule has 4 heteroatoms. The molecule has 0 radical (unpaired) electrons. The standard InChI is InChI=1S/C58H36N4/c1-3-15-38(16-4-1)55-59-56(39-17-5-2-6-18-39)61-57(60-55)41-30-34-46-44-20-8-12-24-50(44)58(52(46)36-41)49-23-11-7-19-43(49)45-33-29-40(35-51(45)58)37-27-31-42(32-28-37)62-53-25-13-9-21-47(53)48-22-10-14-26-54(48)62/h1-36H. The Morgan fingerprint density at radius 1 is 0.290 bits per heavy atom. The van der Waals surface area contributed by atoms with E-state index in [2.05, 4.69) is 187 Å². The van der Waals surface area contributed by atoms with Gasteiger partial charge in [-0.1, -0.05) is 182 Å². The van der Waals surface area contributed by atoms with Crippen LogP contribution < -0.4 is 0 Å². The highest BCUT2D eigenvalue weighted by molar-refractivity contribution is 6.09. The van der Waals surface area contributed by atoms with Crippen molar-refractivity contribution in [2.24, 2.45) is 0 Å². The van der Waals surface area contributed by atoms with E-state index in [9.17, 15) is 0 Å². The van der Waals surface area contributed by atoms with Crippen LogP contribution in [0.2, 0.25) is 0 Å². The van der Waals surface area contributed by atoms with Gasteiger partial charge in [-0.25, -0.2) is 15.0 Å². The summed E-state index contributed by atoms with van der Waals surface area (Å²) in [7, 11) is 0. The van der Waals surface area contributed by atoms with Gasteiger partial charge in [0.1, 0.15) is 0 Å². The van der Waals surface area contributed by atoms with Crippen molar-refractivity contribution in [3.05, 3.63) is 241 Å². The number of hydrogen-bond donors (Lipinski definition) is 0. The first-order valence-electron chi connectivity index (χ1n) is 21.2. The molecule has 0 saturated carbocycles. The second-order valence-electron chi connectivity index (χ2n) is 16.3. The highest BCUT2D eigenvalue weighted by Gasteiger charge is 2.51. The number of hydrogen-bond acceptors (Lipinski definition) is 3. The molecular formula is C58H36N4. The first-order chi connectivity index (χ1) is 30.7. The van der Waals surface area contributed by atoms with Crippen LogP contribution in [0.1, 0.15) is 22.3 Å². The SMILES string of the molecule is c1ccc(-c2nc(-c3ccccc3)nc(-c3ccc4c(c3)C3(c5ccccc5-c5ccc(-c6ccc(-n7c8ccccc8c8ccccc87)cc6)cc53)c3ccccc3-4)n2)cc1. The molecule has 1 spiro atoms. The summed E-state index contributed by atoms with van der Waals surface area (Å²) in [6, 6.07) is 78.7. The molecule has 0 N–H and O–H groups in total. The summed E-state index contributed by atoms with van der Waals surface area (Å²) in [6.07, 6.45) is 0. The maximum atomic E-state index is 5.17. The molecule has 11 aromatic rings. The summed E-state index contributed by atoms with van der Waals surface area (Å²) in [5.41, 5.74) is 18.4. The van der Waals surface area contributed by atoms with Crippen molar-refractivity contribution in [2.45, 2.75) is 5.41 Å². The Morgan fingerprint density at radius 3 is 1.24 bits per heavy atom. The molecule has 1 atom stereocenters. The van der Waals surface area contributed by atoms with Gasteiger partial charge in [-0.15, -0.1) is 0 Å². The maximum Gasteiger partial charge on any atom is 0.164 e. The minimum Gasteiger partial charge on any atom is -0.309 e. The number of benzene rings is 9. The average molecular weight is 789 g/mol. The van der Waals surface area contributed by atoms with E-state index in [0.717, 1.165) is 22.4 Å². The van der Waals surface area contributed by atoms with E-state index in [1.54, 1.807) is 0 Å². The lowest BCUT2D eigenvalue weighted by Crippen LogP contribution is -2.26. The molecule has 2 aliphatic rings. The lowest BCUT2D eigenvalue weighted by Gasteiger charge is -2.31. The van der Waals surface area contributed by atoms with Crippen LogP contribution in [0.5, 0.6) is 0 Å². The second kappa shape index (κ2) is 13.4. The van der Waals surface area contributed by atoms with Crippen LogP contribution in [0.3, 0.4) is 0 Å². The van der Waals surface area contributed by atoms with Gasteiger partial charge in [0.25, 0.3) is 0 Å². The first-order valence-corrected chi connectivity index (χ1v) is 21.2. The Balaban J connectivity index is 0.995. The van der Waals surface area contributed by atoms with Gasteiger partial charge in [0.05, 0.1) is 16.4 Å². The van der Waals surface area contributed by atoms with Crippen LogP contribution in [0.15, 0.2) is 218 Å². The van der Waals surface area contributed by atoms with E-state index in [0.29, 0.717) is 17.5 Å². The fraction of sp³-hybridized carbons (Fsp3) is 0.0172. The number of aromatic nitrogens is 4. The summed E-state index contributed by atoms with van der Waals surface area (Å²) in [5, 5.41) is 2.53. The van der Waals surface area contributed by atoms with Crippen LogP contribution in [-0.4, -0.2) is 19.5 Å². The monoisotopic (exact) mass is 788 g/mol. The van der Waals surface area contributed by atoms with Crippen LogP contribution in [0, 0.1) is 0 Å². The predicted octanol–water partition coefficient (Wildman–Crippen LogP) is 14.0. The number of para-hydroxylation sites is 2. The molecular weight excluding hydrogens is 753 g/mol. The van der Waals surface area contributed by atoms with Gasteiger partial charge in [0.15, 0.2) is 17.5 Å². The van der Waals surface area contributed by atoms with E-state index in [-0.39, 0.29) is 0 Å². The quantitative estimate of drug-likeness (QED) is 0.174. The topological polar surface area (TPSA) is 43.6 Å². The molecule has 0 saturated heterocycles. The van der Waals surface area contributed by atoms with Crippen molar-refractivity contribution < 1.29 is 0 Å². The summed E-state index contributed by atoms with van der Waals surface area (Å²) < 4.78 is 2.38. The van der Waals surface area contributed by atoms with Gasteiger partial charge < -0.3 is 4.57 Å². The second-order valence-corrected chi connectivity index (χ2v) is 16.3. The van der Waals surface area contributed by atoms with Crippen molar-refractivity contribution in [2.75, 3.05) is 0 Å². The van der Waals surface area contributed by atoms with E-state index >= 15 is 0 Å². The van der Waals surface area contributed by atoms with Gasteiger partial charge in [0, 0.05) is 33.2 Å². The van der Waals surface area contributed by atoms with E-state index in [1.165, 1.54) is 77.4 Å². The van der Waals surface area contributed by atoms with Gasteiger partial charge in [-0.05, 0) is 92.0 Å². The van der Waals surface area contributed by atoms with Crippen LogP contribution in [0.4, 0.5) is 0 Å². The molecule has 1 unspecified atom stereocenters. The first kappa shape index (κ1) is 34.6. The van der Waals surface area contributed by atoms with Gasteiger partial charge >= 0.3 is 0 Å². The minimum atomic E-state index is -0.551. The Labute approximate surface area is 359 Å². The Bertz CT molecular complexity index is 3450. The summed E-state index contributed by atoms with van der Waals surface area (Å²) in [5.74, 6) is 1.95. The van der Waals surface area contributed by atoms with Crippen LogP contribution in [0.25, 0.3) is 95.0 Å². The van der Waals surface area contributed by atoms with Gasteiger partial charge in [-0.3, -0.25) is 0 Å². The van der Waals surface area contributed by atoms with Crippen molar-refractivity contribution >= 4 is 21.8 Å². The fourth-order valence-electron chi connectivity index (χ4n) is 10.4. The molecule has 0 aliphatic heterocycles. The zero-order chi connectivity index (χ0) is 40.8. The summed E-state index contributed by atoms with van der Waals surface area (Å²) in [4.78, 5) is 15.3. The fourth-order valence-corrected chi connectivity index (χ4v) is 10.4. The molecule has 13 rings (SSSR count). The number of fused-ring (bicyclic) bond motifs is 13. The van der Waals surface area contributed by atoms with E-state index in [1.807, 2.05) is 36.4 Å². The van der Waals surface area contributed by atoms with Crippen LogP contribution >= 0.6 is 0 Å². The molecule has 288 valence electrons. The third-order valence-corrected chi connectivity index (χ3v) is 13.1. The molecule has 2 aliphatic carbocycles. The lowest BCUT2D eigenvalue weighted by atomic mass is 9.70. The molecule has 2 aromatic heterocycles. The molecule has 62 heavy (non-hydrogen) atoms. The molecule has 2 heterocycles. The minimum absolute atomic E-state index is 0.551. The molecule has 4 nitrogen and oxygen atoms in total. The smallest absolute Gasteiger partial charge is 0.164 e. The van der Waals surface area contributed by atoms with Crippen molar-refractivity contribution in [3.8, 4) is 73.2 Å². The highest BCUT2D eigenvalue weighted by Crippen LogP contribution is 2.63. The number of rotatable bonds is 5. The van der Waals surface area contributed by atoms with Gasteiger partial charge in [0.2, 0.25) is 0 Å². The Kier molecular flexibility index (Phi) is 7.49. The van der Waals surface area contributed by atoms with Crippen LogP contribution in [-0.2, 0) is 5.41 Å². The third kappa shape index (κ3) is 4.98. The van der Waals surface area contributed by atoms with Gasteiger partial charge in [-0.2, -0.15) is 0 Å². The largest absolute Gasteiger partial charge is 0.309 e. The molecule has 0 bridgehead atoms. The van der Waals surface area contributed by atoms with Crippen molar-refractivity contribution in [1.29, 1.82) is 0 Å². The third-order valence-electron chi connectivity index (χ3n) is 13.1. The normalized spacial score (nSPS) is 14.5. The summed E-state index contributed by atoms with van der Waals surface area (Å²) >= 11 is 0. The zero-order valence-corrected chi connectivity index (χ0v) is 33.6. The van der Waals surface area contributed by atoms with Crippen molar-refractivity contribution in [1.82, 2.24) is 19.5 Å². The molecule has 0 fully saturated rings.